The Balaban J connectivity index is 1.64. The zero-order valence-electron chi connectivity index (χ0n) is 12.5. The molecule has 0 atom stereocenters. The summed E-state index contributed by atoms with van der Waals surface area (Å²) in [5.74, 6) is 0.335. The van der Waals surface area contributed by atoms with Crippen LogP contribution in [0.2, 0.25) is 0 Å². The number of carbonyl (C=O) groups is 1. The number of nitrogens with zero attached hydrogens (tertiary/aromatic N) is 1. The largest absolute Gasteiger partial charge is 0.496 e. The molecule has 0 saturated heterocycles. The molecule has 118 valence electrons. The summed E-state index contributed by atoms with van der Waals surface area (Å²) in [6.45, 7) is 0. The van der Waals surface area contributed by atoms with Crippen molar-refractivity contribution in [2.24, 2.45) is 0 Å². The van der Waals surface area contributed by atoms with E-state index in [-0.39, 0.29) is 11.7 Å². The van der Waals surface area contributed by atoms with Crippen molar-refractivity contribution < 1.29 is 13.9 Å². The minimum Gasteiger partial charge on any atom is -0.496 e. The average molecular weight is 330 g/mol. The number of nitrogens with one attached hydrogen (secondary N) is 1. The monoisotopic (exact) mass is 330 g/mol. The first-order valence-electron chi connectivity index (χ1n) is 7.13. The Bertz CT molecular complexity index is 847. The highest BCUT2D eigenvalue weighted by Gasteiger charge is 2.10. The second-order valence-electron chi connectivity index (χ2n) is 4.99. The third-order valence-electron chi connectivity index (χ3n) is 3.41. The number of aromatic nitrogens is 1. The van der Waals surface area contributed by atoms with Gasteiger partial charge in [-0.15, -0.1) is 0 Å². The molecule has 2 aromatic carbocycles. The number of aryl methyl sites for hydroxylation is 1. The van der Waals surface area contributed by atoms with Gasteiger partial charge in [0.2, 0.25) is 5.91 Å². The maximum Gasteiger partial charge on any atom is 0.226 e. The molecule has 23 heavy (non-hydrogen) atoms. The zero-order chi connectivity index (χ0) is 16.2. The number of hydrogen-bond acceptors (Lipinski definition) is 4. The Morgan fingerprint density at radius 2 is 2.13 bits per heavy atom. The van der Waals surface area contributed by atoms with Crippen LogP contribution in [0.25, 0.3) is 10.2 Å². The summed E-state index contributed by atoms with van der Waals surface area (Å²) < 4.78 is 19.2. The number of fused-ring (bicyclic) bond motifs is 1. The van der Waals surface area contributed by atoms with Crippen molar-refractivity contribution in [3.8, 4) is 5.75 Å². The number of rotatable bonds is 5. The fourth-order valence-corrected chi connectivity index (χ4v) is 3.20. The first-order valence-corrected chi connectivity index (χ1v) is 7.95. The highest BCUT2D eigenvalue weighted by Crippen LogP contribution is 2.26. The summed E-state index contributed by atoms with van der Waals surface area (Å²) in [7, 11) is 1.61. The number of ether oxygens (including phenoxy) is 1. The Hall–Kier alpha value is -2.47. The Labute approximate surface area is 136 Å². The highest BCUT2D eigenvalue weighted by atomic mass is 32.1. The predicted molar refractivity (Wildman–Crippen MR) is 89.5 cm³/mol. The molecule has 1 amide bonds. The Morgan fingerprint density at radius 3 is 2.96 bits per heavy atom. The molecule has 0 radical (unpaired) electrons. The number of halogens is 1. The normalized spacial score (nSPS) is 10.7. The molecule has 0 spiro atoms. The lowest BCUT2D eigenvalue weighted by Gasteiger charge is -2.07. The SMILES string of the molecule is COc1ccccc1CCC(=O)Nc1nc2ccc(F)cc2s1. The topological polar surface area (TPSA) is 51.2 Å². The fraction of sp³-hybridized carbons (Fsp3) is 0.176. The summed E-state index contributed by atoms with van der Waals surface area (Å²) in [6.07, 6.45) is 0.903. The van der Waals surface area contributed by atoms with Gasteiger partial charge in [0.1, 0.15) is 11.6 Å². The first kappa shape index (κ1) is 15.4. The second-order valence-corrected chi connectivity index (χ2v) is 6.02. The van der Waals surface area contributed by atoms with Crippen LogP contribution in [0.4, 0.5) is 9.52 Å². The molecule has 0 unspecified atom stereocenters. The molecule has 0 aliphatic carbocycles. The molecular formula is C17H15FN2O2S. The summed E-state index contributed by atoms with van der Waals surface area (Å²) in [5.41, 5.74) is 1.66. The van der Waals surface area contributed by atoms with Crippen LogP contribution in [0.15, 0.2) is 42.5 Å². The number of anilines is 1. The predicted octanol–water partition coefficient (Wildman–Crippen LogP) is 4.02. The zero-order valence-corrected chi connectivity index (χ0v) is 13.3. The summed E-state index contributed by atoms with van der Waals surface area (Å²) in [5, 5.41) is 3.25. The summed E-state index contributed by atoms with van der Waals surface area (Å²) >= 11 is 1.26. The Kier molecular flexibility index (Phi) is 4.52. The lowest BCUT2D eigenvalue weighted by atomic mass is 10.1. The first-order chi connectivity index (χ1) is 11.2. The molecule has 4 nitrogen and oxygen atoms in total. The van der Waals surface area contributed by atoms with Crippen molar-refractivity contribution in [2.45, 2.75) is 12.8 Å². The minimum absolute atomic E-state index is 0.129. The Morgan fingerprint density at radius 1 is 1.30 bits per heavy atom. The molecule has 0 aliphatic heterocycles. The smallest absolute Gasteiger partial charge is 0.226 e. The second kappa shape index (κ2) is 6.75. The molecule has 6 heteroatoms. The van der Waals surface area contributed by atoms with E-state index in [1.807, 2.05) is 24.3 Å². The lowest BCUT2D eigenvalue weighted by Crippen LogP contribution is -2.12. The van der Waals surface area contributed by atoms with Gasteiger partial charge in [0.25, 0.3) is 0 Å². The average Bonchev–Trinajstić information content (AvgIpc) is 2.94. The molecule has 1 heterocycles. The van der Waals surface area contributed by atoms with Gasteiger partial charge in [-0.25, -0.2) is 9.37 Å². The van der Waals surface area contributed by atoms with Gasteiger partial charge in [0.05, 0.1) is 17.3 Å². The molecule has 1 aromatic heterocycles. The number of hydrogen-bond donors (Lipinski definition) is 1. The van der Waals surface area contributed by atoms with E-state index < -0.39 is 0 Å². The van der Waals surface area contributed by atoms with Gasteiger partial charge >= 0.3 is 0 Å². The third-order valence-corrected chi connectivity index (χ3v) is 4.34. The van der Waals surface area contributed by atoms with Crippen LogP contribution in [-0.2, 0) is 11.2 Å². The van der Waals surface area contributed by atoms with E-state index in [0.29, 0.717) is 28.2 Å². The van der Waals surface area contributed by atoms with Gasteiger partial charge in [-0.05, 0) is 36.2 Å². The lowest BCUT2D eigenvalue weighted by molar-refractivity contribution is -0.116. The van der Waals surface area contributed by atoms with Crippen molar-refractivity contribution >= 4 is 32.6 Å². The van der Waals surface area contributed by atoms with Gasteiger partial charge < -0.3 is 10.1 Å². The van der Waals surface area contributed by atoms with Crippen LogP contribution in [0.1, 0.15) is 12.0 Å². The molecule has 3 rings (SSSR count). The molecule has 0 fully saturated rings. The van der Waals surface area contributed by atoms with Crippen LogP contribution in [0, 0.1) is 5.82 Å². The van der Waals surface area contributed by atoms with Crippen molar-refractivity contribution in [3.05, 3.63) is 53.8 Å². The van der Waals surface area contributed by atoms with Crippen LogP contribution in [0.3, 0.4) is 0 Å². The molecule has 0 saturated carbocycles. The molecular weight excluding hydrogens is 315 g/mol. The van der Waals surface area contributed by atoms with Crippen molar-refractivity contribution in [1.29, 1.82) is 0 Å². The maximum atomic E-state index is 13.2. The van der Waals surface area contributed by atoms with Gasteiger partial charge in [0, 0.05) is 6.42 Å². The van der Waals surface area contributed by atoms with Crippen LogP contribution in [-0.4, -0.2) is 18.0 Å². The van der Waals surface area contributed by atoms with E-state index >= 15 is 0 Å². The number of methoxy groups -OCH3 is 1. The van der Waals surface area contributed by atoms with Gasteiger partial charge in [0.15, 0.2) is 5.13 Å². The van der Waals surface area contributed by atoms with Crippen LogP contribution >= 0.6 is 11.3 Å². The number of para-hydroxylation sites is 1. The number of thiazole rings is 1. The van der Waals surface area contributed by atoms with E-state index in [0.717, 1.165) is 11.3 Å². The van der Waals surface area contributed by atoms with Gasteiger partial charge in [-0.3, -0.25) is 4.79 Å². The molecule has 0 bridgehead atoms. The molecule has 3 aromatic rings. The van der Waals surface area contributed by atoms with Crippen molar-refractivity contribution in [3.63, 3.8) is 0 Å². The van der Waals surface area contributed by atoms with Crippen molar-refractivity contribution in [1.82, 2.24) is 4.98 Å². The highest BCUT2D eigenvalue weighted by molar-refractivity contribution is 7.22. The summed E-state index contributed by atoms with van der Waals surface area (Å²) in [4.78, 5) is 16.3. The van der Waals surface area contributed by atoms with E-state index in [9.17, 15) is 9.18 Å². The maximum absolute atomic E-state index is 13.2. The third kappa shape index (κ3) is 3.65. The number of amides is 1. The van der Waals surface area contributed by atoms with Crippen molar-refractivity contribution in [2.75, 3.05) is 12.4 Å². The van der Waals surface area contributed by atoms with E-state index in [1.165, 1.54) is 23.5 Å². The molecule has 1 N–H and O–H groups in total. The summed E-state index contributed by atoms with van der Waals surface area (Å²) in [6, 6.07) is 12.0. The van der Waals surface area contributed by atoms with Gasteiger partial charge in [-0.1, -0.05) is 29.5 Å². The van der Waals surface area contributed by atoms with Crippen LogP contribution in [0.5, 0.6) is 5.75 Å². The fourth-order valence-electron chi connectivity index (χ4n) is 2.29. The molecule has 0 aliphatic rings. The number of benzene rings is 2. The minimum atomic E-state index is -0.310. The number of carbonyl (C=O) groups excluding carboxylic acids is 1. The van der Waals surface area contributed by atoms with E-state index in [1.54, 1.807) is 13.2 Å². The quantitative estimate of drug-likeness (QED) is 0.769. The van der Waals surface area contributed by atoms with Gasteiger partial charge in [-0.2, -0.15) is 0 Å². The van der Waals surface area contributed by atoms with Crippen LogP contribution < -0.4 is 10.1 Å². The van der Waals surface area contributed by atoms with E-state index in [4.69, 9.17) is 4.74 Å². The van der Waals surface area contributed by atoms with E-state index in [2.05, 4.69) is 10.3 Å². The standard InChI is InChI=1S/C17H15FN2O2S/c1-22-14-5-3-2-4-11(14)6-9-16(21)20-17-19-13-8-7-12(18)10-15(13)23-17/h2-5,7-8,10H,6,9H2,1H3,(H,19,20,21).